The second-order valence-corrected chi connectivity index (χ2v) is 4.97. The number of aryl methyl sites for hydroxylation is 1. The maximum atomic E-state index is 6.23. The fourth-order valence-corrected chi connectivity index (χ4v) is 2.15. The molecule has 21 heavy (non-hydrogen) atoms. The van der Waals surface area contributed by atoms with Gasteiger partial charge in [-0.05, 0) is 43.7 Å². The van der Waals surface area contributed by atoms with Gasteiger partial charge in [-0.3, -0.25) is 4.99 Å². The lowest BCUT2D eigenvalue weighted by molar-refractivity contribution is 0.311. The highest BCUT2D eigenvalue weighted by Gasteiger charge is 2.10. The van der Waals surface area contributed by atoms with Gasteiger partial charge in [-0.15, -0.1) is 0 Å². The van der Waals surface area contributed by atoms with Gasteiger partial charge in [0.05, 0.1) is 24.4 Å². The van der Waals surface area contributed by atoms with Crippen LogP contribution in [0.3, 0.4) is 0 Å². The average molecular weight is 304 g/mol. The standard InChI is InChI=1S/C17H18ClNO2/c1-4-21-17-15(18)9-13(10-16(17)20-3)11-19-14-7-5-12(2)6-8-14/h5-11H,4H2,1-3H3. The van der Waals surface area contributed by atoms with Gasteiger partial charge in [0.15, 0.2) is 11.5 Å². The number of aliphatic imine (C=N–C) groups is 1. The molecule has 0 aromatic heterocycles. The van der Waals surface area contributed by atoms with E-state index in [1.165, 1.54) is 5.56 Å². The lowest BCUT2D eigenvalue weighted by atomic mass is 10.2. The molecule has 0 spiro atoms. The minimum atomic E-state index is 0.515. The van der Waals surface area contributed by atoms with Crippen LogP contribution < -0.4 is 9.47 Å². The number of hydrogen-bond acceptors (Lipinski definition) is 3. The first-order valence-electron chi connectivity index (χ1n) is 6.75. The van der Waals surface area contributed by atoms with Crippen molar-refractivity contribution in [2.45, 2.75) is 13.8 Å². The minimum absolute atomic E-state index is 0.515. The molecule has 2 rings (SSSR count). The van der Waals surface area contributed by atoms with E-state index < -0.39 is 0 Å². The van der Waals surface area contributed by atoms with Crippen LogP contribution in [0.25, 0.3) is 0 Å². The molecular formula is C17H18ClNO2. The van der Waals surface area contributed by atoms with Gasteiger partial charge < -0.3 is 9.47 Å². The van der Waals surface area contributed by atoms with Crippen molar-refractivity contribution < 1.29 is 9.47 Å². The first-order chi connectivity index (χ1) is 10.1. The highest BCUT2D eigenvalue weighted by Crippen LogP contribution is 2.36. The molecular weight excluding hydrogens is 286 g/mol. The molecule has 4 heteroatoms. The quantitative estimate of drug-likeness (QED) is 0.742. The number of rotatable bonds is 5. The Labute approximate surface area is 130 Å². The molecule has 0 bridgehead atoms. The highest BCUT2D eigenvalue weighted by atomic mass is 35.5. The third kappa shape index (κ3) is 3.99. The monoisotopic (exact) mass is 303 g/mol. The molecule has 0 N–H and O–H groups in total. The summed E-state index contributed by atoms with van der Waals surface area (Å²) in [5, 5.41) is 0.515. The molecule has 0 aliphatic carbocycles. The van der Waals surface area contributed by atoms with Gasteiger partial charge >= 0.3 is 0 Å². The Morgan fingerprint density at radius 3 is 2.52 bits per heavy atom. The highest BCUT2D eigenvalue weighted by molar-refractivity contribution is 6.32. The first kappa shape index (κ1) is 15.4. The van der Waals surface area contributed by atoms with Crippen molar-refractivity contribution in [1.29, 1.82) is 0 Å². The second kappa shape index (κ2) is 7.14. The lowest BCUT2D eigenvalue weighted by Gasteiger charge is -2.11. The van der Waals surface area contributed by atoms with Gasteiger partial charge in [0.1, 0.15) is 0 Å². The lowest BCUT2D eigenvalue weighted by Crippen LogP contribution is -1.97. The Bertz CT molecular complexity index is 636. The molecule has 2 aromatic rings. The van der Waals surface area contributed by atoms with Crippen molar-refractivity contribution in [3.8, 4) is 11.5 Å². The molecule has 0 heterocycles. The smallest absolute Gasteiger partial charge is 0.179 e. The fourth-order valence-electron chi connectivity index (χ4n) is 1.88. The number of methoxy groups -OCH3 is 1. The Hall–Kier alpha value is -2.00. The van der Waals surface area contributed by atoms with Crippen molar-refractivity contribution in [3.63, 3.8) is 0 Å². The van der Waals surface area contributed by atoms with Crippen LogP contribution in [0.1, 0.15) is 18.1 Å². The van der Waals surface area contributed by atoms with Crippen LogP contribution in [-0.2, 0) is 0 Å². The van der Waals surface area contributed by atoms with Crippen LogP contribution in [0.2, 0.25) is 5.02 Å². The zero-order valence-electron chi connectivity index (χ0n) is 12.4. The van der Waals surface area contributed by atoms with Gasteiger partial charge in [-0.2, -0.15) is 0 Å². The second-order valence-electron chi connectivity index (χ2n) is 4.56. The largest absolute Gasteiger partial charge is 0.493 e. The summed E-state index contributed by atoms with van der Waals surface area (Å²) in [5.41, 5.74) is 2.96. The molecule has 0 amide bonds. The molecule has 0 atom stereocenters. The van der Waals surface area contributed by atoms with E-state index in [1.54, 1.807) is 13.3 Å². The van der Waals surface area contributed by atoms with Crippen molar-refractivity contribution >= 4 is 23.5 Å². The van der Waals surface area contributed by atoms with E-state index in [2.05, 4.69) is 4.99 Å². The summed E-state index contributed by atoms with van der Waals surface area (Å²) in [5.74, 6) is 1.17. The van der Waals surface area contributed by atoms with Crippen LogP contribution in [0.4, 0.5) is 5.69 Å². The summed E-state index contributed by atoms with van der Waals surface area (Å²) < 4.78 is 10.8. The van der Waals surface area contributed by atoms with Crippen LogP contribution in [0.5, 0.6) is 11.5 Å². The summed E-state index contributed by atoms with van der Waals surface area (Å²) in [6.07, 6.45) is 1.76. The summed E-state index contributed by atoms with van der Waals surface area (Å²) in [4.78, 5) is 4.43. The summed E-state index contributed by atoms with van der Waals surface area (Å²) in [6.45, 7) is 4.49. The number of ether oxygens (including phenoxy) is 2. The molecule has 110 valence electrons. The molecule has 0 unspecified atom stereocenters. The zero-order chi connectivity index (χ0) is 15.2. The third-order valence-corrected chi connectivity index (χ3v) is 3.22. The summed E-state index contributed by atoms with van der Waals surface area (Å²) in [6, 6.07) is 11.7. The Balaban J connectivity index is 2.28. The Kier molecular flexibility index (Phi) is 5.23. The molecule has 0 saturated carbocycles. The number of hydrogen-bond donors (Lipinski definition) is 0. The molecule has 0 radical (unpaired) electrons. The van der Waals surface area contributed by atoms with E-state index in [0.717, 1.165) is 11.3 Å². The van der Waals surface area contributed by atoms with Crippen LogP contribution in [0, 0.1) is 6.92 Å². The number of halogens is 1. The summed E-state index contributed by atoms with van der Waals surface area (Å²) >= 11 is 6.23. The van der Waals surface area contributed by atoms with Crippen molar-refractivity contribution in [2.24, 2.45) is 4.99 Å². The van der Waals surface area contributed by atoms with Crippen molar-refractivity contribution in [2.75, 3.05) is 13.7 Å². The zero-order valence-corrected chi connectivity index (χ0v) is 13.1. The number of benzene rings is 2. The predicted octanol–water partition coefficient (Wildman–Crippen LogP) is 4.81. The van der Waals surface area contributed by atoms with Crippen LogP contribution in [0.15, 0.2) is 41.4 Å². The number of nitrogens with zero attached hydrogens (tertiary/aromatic N) is 1. The topological polar surface area (TPSA) is 30.8 Å². The van der Waals surface area contributed by atoms with E-state index in [9.17, 15) is 0 Å². The summed E-state index contributed by atoms with van der Waals surface area (Å²) in [7, 11) is 1.59. The van der Waals surface area contributed by atoms with Gasteiger partial charge in [0, 0.05) is 6.21 Å². The minimum Gasteiger partial charge on any atom is -0.493 e. The Morgan fingerprint density at radius 1 is 1.19 bits per heavy atom. The molecule has 0 saturated heterocycles. The van der Waals surface area contributed by atoms with Gasteiger partial charge in [0.2, 0.25) is 0 Å². The van der Waals surface area contributed by atoms with Gasteiger partial charge in [0.25, 0.3) is 0 Å². The van der Waals surface area contributed by atoms with E-state index in [4.69, 9.17) is 21.1 Å². The fraction of sp³-hybridized carbons (Fsp3) is 0.235. The molecule has 3 nitrogen and oxygen atoms in total. The van der Waals surface area contributed by atoms with Crippen molar-refractivity contribution in [1.82, 2.24) is 0 Å². The molecule has 0 fully saturated rings. The molecule has 2 aromatic carbocycles. The van der Waals surface area contributed by atoms with E-state index >= 15 is 0 Å². The van der Waals surface area contributed by atoms with Crippen molar-refractivity contribution in [3.05, 3.63) is 52.5 Å². The maximum Gasteiger partial charge on any atom is 0.179 e. The molecule has 0 aliphatic heterocycles. The van der Waals surface area contributed by atoms with E-state index in [-0.39, 0.29) is 0 Å². The van der Waals surface area contributed by atoms with Gasteiger partial charge in [-0.25, -0.2) is 0 Å². The maximum absolute atomic E-state index is 6.23. The average Bonchev–Trinajstić information content (AvgIpc) is 2.49. The normalized spacial score (nSPS) is 10.9. The third-order valence-electron chi connectivity index (χ3n) is 2.94. The van der Waals surface area contributed by atoms with Crippen LogP contribution in [-0.4, -0.2) is 19.9 Å². The van der Waals surface area contributed by atoms with Gasteiger partial charge in [-0.1, -0.05) is 29.3 Å². The SMILES string of the molecule is CCOc1c(Cl)cc(C=Nc2ccc(C)cc2)cc1OC. The predicted molar refractivity (Wildman–Crippen MR) is 87.6 cm³/mol. The van der Waals surface area contributed by atoms with E-state index in [0.29, 0.717) is 23.1 Å². The molecule has 0 aliphatic rings. The first-order valence-corrected chi connectivity index (χ1v) is 7.13. The Morgan fingerprint density at radius 2 is 1.90 bits per heavy atom. The van der Waals surface area contributed by atoms with Crippen LogP contribution >= 0.6 is 11.6 Å². The van der Waals surface area contributed by atoms with E-state index in [1.807, 2.05) is 50.2 Å².